The molecule has 1 amide bonds. The highest BCUT2D eigenvalue weighted by atomic mass is 16.7. The Bertz CT molecular complexity index is 1230. The van der Waals surface area contributed by atoms with Crippen molar-refractivity contribution in [1.29, 1.82) is 0 Å². The quantitative estimate of drug-likeness (QED) is 0.0231. The molecule has 12 atom stereocenters. The number of aliphatic hydroxyl groups excluding tert-OH is 8. The number of hydrogen-bond donors (Lipinski definition) is 9. The van der Waals surface area contributed by atoms with Crippen molar-refractivity contribution in [2.24, 2.45) is 0 Å². The predicted octanol–water partition coefficient (Wildman–Crippen LogP) is 6.71. The molecule has 380 valence electrons. The van der Waals surface area contributed by atoms with Crippen LogP contribution in [0.4, 0.5) is 0 Å². The highest BCUT2D eigenvalue weighted by Crippen LogP contribution is 2.30. The second-order valence-electron chi connectivity index (χ2n) is 18.3. The van der Waals surface area contributed by atoms with Crippen molar-refractivity contribution in [3.05, 3.63) is 36.5 Å². The molecule has 0 bridgehead atoms. The second-order valence-corrected chi connectivity index (χ2v) is 18.3. The van der Waals surface area contributed by atoms with Crippen LogP contribution in [0.1, 0.15) is 187 Å². The van der Waals surface area contributed by atoms with Crippen LogP contribution in [0.3, 0.4) is 0 Å². The number of unbranched alkanes of at least 4 members (excludes halogenated alkanes) is 20. The summed E-state index contributed by atoms with van der Waals surface area (Å²) in [6, 6.07) is -0.827. The standard InChI is InChI=1S/C51H93NO13/c1-3-5-7-9-11-12-13-14-15-16-17-18-19-20-21-22-23-24-25-26-27-28-29-31-33-35-43(56)52-39(40(55)34-32-30-10-8-6-4-2)38-62-50-48(61)46(59)49(42(37-54)64-50)65-51-47(60)45(58)44(57)41(36-53)63-51/h13-14,16-17,19-20,39-42,44-51,53-55,57-61H,3-12,15,18,21-38H2,1-2H3,(H,52,56)/b14-13-,17-16-,20-19-. The Hall–Kier alpha value is -1.79. The molecule has 2 heterocycles. The number of carbonyl (C=O) groups excluding carboxylic acids is 1. The molecule has 12 unspecified atom stereocenters. The Labute approximate surface area is 391 Å². The minimum atomic E-state index is -1.78. The van der Waals surface area contributed by atoms with Crippen LogP contribution in [0.2, 0.25) is 0 Å². The van der Waals surface area contributed by atoms with Crippen LogP contribution in [0.15, 0.2) is 36.5 Å². The lowest BCUT2D eigenvalue weighted by Crippen LogP contribution is -2.65. The zero-order chi connectivity index (χ0) is 47.5. The molecule has 2 fully saturated rings. The molecular formula is C51H93NO13. The monoisotopic (exact) mass is 928 g/mol. The first kappa shape index (κ1) is 59.3. The first-order chi connectivity index (χ1) is 31.6. The van der Waals surface area contributed by atoms with E-state index in [1.807, 2.05) is 0 Å². The van der Waals surface area contributed by atoms with Gasteiger partial charge in [0.2, 0.25) is 5.91 Å². The van der Waals surface area contributed by atoms with Gasteiger partial charge in [0.25, 0.3) is 0 Å². The molecule has 0 radical (unpaired) electrons. The minimum absolute atomic E-state index is 0.218. The van der Waals surface area contributed by atoms with Crippen LogP contribution in [0.25, 0.3) is 0 Å². The SMILES string of the molecule is CCCCCCC/C=C\C/C=C\C/C=C\CCCCCCCCCCCCC(=O)NC(COC1OC(CO)C(OC2OC(CO)C(O)C(O)C2O)C(O)C1O)C(O)CCCCCCCC. The normalized spacial score (nSPS) is 27.3. The lowest BCUT2D eigenvalue weighted by molar-refractivity contribution is -0.359. The van der Waals surface area contributed by atoms with Gasteiger partial charge in [-0.05, 0) is 51.4 Å². The zero-order valence-electron chi connectivity index (χ0n) is 40.2. The van der Waals surface area contributed by atoms with Gasteiger partial charge < -0.3 is 65.1 Å². The summed E-state index contributed by atoms with van der Waals surface area (Å²) in [5.74, 6) is -0.218. The fourth-order valence-corrected chi connectivity index (χ4v) is 8.36. The molecule has 0 saturated carbocycles. The summed E-state index contributed by atoms with van der Waals surface area (Å²) in [4.78, 5) is 13.1. The Morgan fingerprint density at radius 1 is 0.554 bits per heavy atom. The molecule has 2 aliphatic heterocycles. The van der Waals surface area contributed by atoms with Crippen molar-refractivity contribution < 1.29 is 64.6 Å². The van der Waals surface area contributed by atoms with E-state index in [1.54, 1.807) is 0 Å². The Morgan fingerprint density at radius 2 is 1.02 bits per heavy atom. The smallest absolute Gasteiger partial charge is 0.220 e. The van der Waals surface area contributed by atoms with Crippen molar-refractivity contribution in [2.45, 2.75) is 261 Å². The maximum atomic E-state index is 13.1. The van der Waals surface area contributed by atoms with E-state index in [-0.39, 0.29) is 12.5 Å². The van der Waals surface area contributed by atoms with E-state index in [4.69, 9.17) is 18.9 Å². The van der Waals surface area contributed by atoms with Crippen molar-refractivity contribution in [2.75, 3.05) is 19.8 Å². The molecule has 0 spiro atoms. The highest BCUT2D eigenvalue weighted by Gasteiger charge is 2.51. The zero-order valence-corrected chi connectivity index (χ0v) is 40.2. The fraction of sp³-hybridized carbons (Fsp3) is 0.863. The third-order valence-corrected chi connectivity index (χ3v) is 12.6. The topological polar surface area (TPSA) is 228 Å². The molecule has 0 aromatic rings. The van der Waals surface area contributed by atoms with Crippen LogP contribution < -0.4 is 5.32 Å². The Morgan fingerprint density at radius 3 is 1.55 bits per heavy atom. The van der Waals surface area contributed by atoms with E-state index in [2.05, 4.69) is 55.6 Å². The van der Waals surface area contributed by atoms with Crippen molar-refractivity contribution in [1.82, 2.24) is 5.32 Å². The number of amides is 1. The van der Waals surface area contributed by atoms with Crippen molar-refractivity contribution in [3.63, 3.8) is 0 Å². The lowest BCUT2D eigenvalue weighted by Gasteiger charge is -2.46. The number of nitrogens with one attached hydrogen (secondary N) is 1. The number of aliphatic hydroxyl groups is 8. The number of ether oxygens (including phenoxy) is 4. The van der Waals surface area contributed by atoms with Crippen LogP contribution >= 0.6 is 0 Å². The third-order valence-electron chi connectivity index (χ3n) is 12.6. The molecule has 0 aromatic heterocycles. The van der Waals surface area contributed by atoms with Crippen LogP contribution in [-0.4, -0.2) is 140 Å². The highest BCUT2D eigenvalue weighted by molar-refractivity contribution is 5.76. The van der Waals surface area contributed by atoms with E-state index in [0.29, 0.717) is 12.8 Å². The maximum Gasteiger partial charge on any atom is 0.220 e. The molecule has 9 N–H and O–H groups in total. The summed E-state index contributed by atoms with van der Waals surface area (Å²) in [6.07, 6.45) is 26.3. The van der Waals surface area contributed by atoms with Gasteiger partial charge in [-0.2, -0.15) is 0 Å². The van der Waals surface area contributed by atoms with Gasteiger partial charge >= 0.3 is 0 Å². The van der Waals surface area contributed by atoms with Gasteiger partial charge in [0.15, 0.2) is 12.6 Å². The van der Waals surface area contributed by atoms with E-state index in [0.717, 1.165) is 83.5 Å². The average molecular weight is 928 g/mol. The third kappa shape index (κ3) is 25.4. The molecular weight excluding hydrogens is 835 g/mol. The average Bonchev–Trinajstić information content (AvgIpc) is 3.30. The van der Waals surface area contributed by atoms with Crippen molar-refractivity contribution in [3.8, 4) is 0 Å². The molecule has 2 rings (SSSR count). The second kappa shape index (κ2) is 38.1. The molecule has 2 aliphatic rings. The first-order valence-corrected chi connectivity index (χ1v) is 25.7. The predicted molar refractivity (Wildman–Crippen MR) is 254 cm³/mol. The van der Waals surface area contributed by atoms with E-state index in [9.17, 15) is 45.6 Å². The summed E-state index contributed by atoms with van der Waals surface area (Å²) in [5, 5.41) is 86.5. The summed E-state index contributed by atoms with van der Waals surface area (Å²) < 4.78 is 22.6. The van der Waals surface area contributed by atoms with Crippen LogP contribution in [-0.2, 0) is 23.7 Å². The fourth-order valence-electron chi connectivity index (χ4n) is 8.36. The first-order valence-electron chi connectivity index (χ1n) is 25.7. The summed E-state index contributed by atoms with van der Waals surface area (Å²) in [6.45, 7) is 2.75. The molecule has 14 nitrogen and oxygen atoms in total. The van der Waals surface area contributed by atoms with Crippen LogP contribution in [0, 0.1) is 0 Å². The molecule has 14 heteroatoms. The van der Waals surface area contributed by atoms with Gasteiger partial charge in [-0.25, -0.2) is 0 Å². The maximum absolute atomic E-state index is 13.1. The van der Waals surface area contributed by atoms with Crippen LogP contribution in [0.5, 0.6) is 0 Å². The summed E-state index contributed by atoms with van der Waals surface area (Å²) in [7, 11) is 0. The van der Waals surface area contributed by atoms with E-state index in [1.165, 1.54) is 77.0 Å². The number of rotatable bonds is 39. The van der Waals surface area contributed by atoms with Gasteiger partial charge in [-0.1, -0.05) is 166 Å². The number of allylic oxidation sites excluding steroid dienone is 6. The largest absolute Gasteiger partial charge is 0.394 e. The van der Waals surface area contributed by atoms with E-state index < -0.39 is 86.8 Å². The Kier molecular flexibility index (Phi) is 34.8. The van der Waals surface area contributed by atoms with Gasteiger partial charge in [0.05, 0.1) is 32.0 Å². The van der Waals surface area contributed by atoms with E-state index >= 15 is 0 Å². The molecule has 2 saturated heterocycles. The van der Waals surface area contributed by atoms with Gasteiger partial charge in [0.1, 0.15) is 48.8 Å². The van der Waals surface area contributed by atoms with Crippen molar-refractivity contribution >= 4 is 5.91 Å². The number of hydrogen-bond acceptors (Lipinski definition) is 13. The summed E-state index contributed by atoms with van der Waals surface area (Å²) >= 11 is 0. The van der Waals surface area contributed by atoms with Gasteiger partial charge in [-0.3, -0.25) is 4.79 Å². The number of carbonyl (C=O) groups is 1. The van der Waals surface area contributed by atoms with Gasteiger partial charge in [-0.15, -0.1) is 0 Å². The van der Waals surface area contributed by atoms with Gasteiger partial charge in [0, 0.05) is 6.42 Å². The Balaban J connectivity index is 1.68. The molecule has 0 aliphatic carbocycles. The lowest BCUT2D eigenvalue weighted by atomic mass is 9.97. The molecule has 0 aromatic carbocycles. The summed E-state index contributed by atoms with van der Waals surface area (Å²) in [5.41, 5.74) is 0. The molecule has 65 heavy (non-hydrogen) atoms. The minimum Gasteiger partial charge on any atom is -0.394 e.